The maximum Gasteiger partial charge on any atom is 0.307 e. The lowest BCUT2D eigenvalue weighted by molar-refractivity contribution is 0.0927. The lowest BCUT2D eigenvalue weighted by Gasteiger charge is -2.02. The first kappa shape index (κ1) is 12.6. The summed E-state index contributed by atoms with van der Waals surface area (Å²) < 4.78 is 5.00. The van der Waals surface area contributed by atoms with Crippen LogP contribution in [0.2, 0.25) is 0 Å². The summed E-state index contributed by atoms with van der Waals surface area (Å²) in [4.78, 5) is 12.8. The maximum absolute atomic E-state index is 11.7. The van der Waals surface area contributed by atoms with Crippen LogP contribution in [0.3, 0.4) is 0 Å². The fraction of sp³-hybridized carbons (Fsp3) is 0.231. The predicted octanol–water partition coefficient (Wildman–Crippen LogP) is 3.28. The first-order chi connectivity index (χ1) is 8.81. The molecule has 0 unspecified atom stereocenters. The number of hydrogen-bond donors (Lipinski definition) is 1. The van der Waals surface area contributed by atoms with E-state index in [4.69, 9.17) is 4.42 Å². The topological polar surface area (TPSA) is 54.6 Å². The average Bonchev–Trinajstić information content (AvgIpc) is 3.04. The molecule has 0 aliphatic heterocycles. The van der Waals surface area contributed by atoms with E-state index >= 15 is 0 Å². The van der Waals surface area contributed by atoms with Gasteiger partial charge in [-0.05, 0) is 30.0 Å². The minimum atomic E-state index is -0.329. The molecular weight excluding hydrogens is 248 g/mol. The Labute approximate surface area is 109 Å². The molecule has 1 amide bonds. The summed E-state index contributed by atoms with van der Waals surface area (Å²) in [6, 6.07) is 7.25. The zero-order chi connectivity index (χ0) is 12.8. The van der Waals surface area contributed by atoms with Crippen LogP contribution in [-0.4, -0.2) is 11.6 Å². The molecule has 0 bridgehead atoms. The van der Waals surface area contributed by atoms with E-state index in [0.29, 0.717) is 0 Å². The number of furan rings is 1. The van der Waals surface area contributed by atoms with Gasteiger partial charge in [-0.15, -0.1) is 11.3 Å². The van der Waals surface area contributed by atoms with Crippen LogP contribution < -0.4 is 5.43 Å². The normalized spacial score (nSPS) is 11.5. The monoisotopic (exact) mass is 262 g/mol. The molecule has 0 aliphatic carbocycles. The summed E-state index contributed by atoms with van der Waals surface area (Å²) in [5.74, 6) is -0.0639. The first-order valence-corrected chi connectivity index (χ1v) is 6.63. The van der Waals surface area contributed by atoms with Gasteiger partial charge in [-0.25, -0.2) is 5.43 Å². The van der Waals surface area contributed by atoms with Crippen molar-refractivity contribution in [2.24, 2.45) is 5.10 Å². The molecule has 2 aromatic rings. The molecule has 2 aromatic heterocycles. The number of carbonyl (C=O) groups excluding carboxylic acids is 1. The maximum atomic E-state index is 11.7. The summed E-state index contributed by atoms with van der Waals surface area (Å²) in [6.07, 6.45) is 3.27. The Morgan fingerprint density at radius 2 is 2.33 bits per heavy atom. The Balaban J connectivity index is 2.07. The quantitative estimate of drug-likeness (QED) is 0.664. The van der Waals surface area contributed by atoms with Crippen molar-refractivity contribution in [3.05, 3.63) is 46.5 Å². The van der Waals surface area contributed by atoms with Gasteiger partial charge in [0.1, 0.15) is 0 Å². The van der Waals surface area contributed by atoms with Gasteiger partial charge in [0.25, 0.3) is 0 Å². The number of thiophene rings is 1. The SMILES string of the molecule is CCC/C(=N/NC(=O)c1ccco1)c1cccs1. The predicted molar refractivity (Wildman–Crippen MR) is 71.9 cm³/mol. The molecule has 0 fully saturated rings. The van der Waals surface area contributed by atoms with Gasteiger partial charge in [0.15, 0.2) is 5.76 Å². The van der Waals surface area contributed by atoms with Gasteiger partial charge in [-0.2, -0.15) is 5.10 Å². The van der Waals surface area contributed by atoms with Crippen molar-refractivity contribution in [3.8, 4) is 0 Å². The summed E-state index contributed by atoms with van der Waals surface area (Å²) in [6.45, 7) is 2.08. The highest BCUT2D eigenvalue weighted by atomic mass is 32.1. The van der Waals surface area contributed by atoms with Crippen molar-refractivity contribution >= 4 is 23.0 Å². The third kappa shape index (κ3) is 3.07. The molecule has 0 radical (unpaired) electrons. The van der Waals surface area contributed by atoms with Crippen LogP contribution in [0.4, 0.5) is 0 Å². The van der Waals surface area contributed by atoms with E-state index in [9.17, 15) is 4.79 Å². The highest BCUT2D eigenvalue weighted by molar-refractivity contribution is 7.12. The zero-order valence-electron chi connectivity index (χ0n) is 10.1. The van der Waals surface area contributed by atoms with Crippen molar-refractivity contribution in [2.75, 3.05) is 0 Å². The van der Waals surface area contributed by atoms with Crippen LogP contribution in [0.15, 0.2) is 45.4 Å². The molecule has 2 rings (SSSR count). The minimum absolute atomic E-state index is 0.265. The number of carbonyl (C=O) groups is 1. The zero-order valence-corrected chi connectivity index (χ0v) is 10.9. The van der Waals surface area contributed by atoms with Crippen LogP contribution in [0.5, 0.6) is 0 Å². The minimum Gasteiger partial charge on any atom is -0.459 e. The largest absolute Gasteiger partial charge is 0.459 e. The Kier molecular flexibility index (Phi) is 4.30. The summed E-state index contributed by atoms with van der Waals surface area (Å²) in [7, 11) is 0. The van der Waals surface area contributed by atoms with Gasteiger partial charge >= 0.3 is 5.91 Å². The second-order valence-electron chi connectivity index (χ2n) is 3.70. The fourth-order valence-electron chi connectivity index (χ4n) is 1.49. The smallest absolute Gasteiger partial charge is 0.307 e. The van der Waals surface area contributed by atoms with E-state index in [0.717, 1.165) is 23.4 Å². The number of hydrogen-bond acceptors (Lipinski definition) is 4. The highest BCUT2D eigenvalue weighted by Crippen LogP contribution is 2.13. The lowest BCUT2D eigenvalue weighted by Crippen LogP contribution is -2.19. The van der Waals surface area contributed by atoms with Crippen molar-refractivity contribution in [1.29, 1.82) is 0 Å². The number of hydrazone groups is 1. The van der Waals surface area contributed by atoms with Crippen molar-refractivity contribution in [2.45, 2.75) is 19.8 Å². The molecule has 0 aliphatic rings. The van der Waals surface area contributed by atoms with Gasteiger partial charge < -0.3 is 4.42 Å². The van der Waals surface area contributed by atoms with Crippen LogP contribution in [0, 0.1) is 0 Å². The van der Waals surface area contributed by atoms with E-state index in [1.807, 2.05) is 17.5 Å². The third-order valence-electron chi connectivity index (χ3n) is 2.33. The average molecular weight is 262 g/mol. The molecular formula is C13H14N2O2S. The standard InChI is InChI=1S/C13H14N2O2S/c1-2-5-10(12-7-4-9-18-12)14-15-13(16)11-6-3-8-17-11/h3-4,6-9H,2,5H2,1H3,(H,15,16)/b14-10-. The van der Waals surface area contributed by atoms with Crippen LogP contribution in [0.1, 0.15) is 35.2 Å². The van der Waals surface area contributed by atoms with Gasteiger partial charge in [-0.1, -0.05) is 19.4 Å². The van der Waals surface area contributed by atoms with Gasteiger partial charge in [0, 0.05) is 0 Å². The van der Waals surface area contributed by atoms with E-state index in [1.54, 1.807) is 23.5 Å². The Morgan fingerprint density at radius 3 is 2.94 bits per heavy atom. The molecule has 4 nitrogen and oxygen atoms in total. The van der Waals surface area contributed by atoms with Crippen molar-refractivity contribution in [3.63, 3.8) is 0 Å². The van der Waals surface area contributed by atoms with Crippen molar-refractivity contribution < 1.29 is 9.21 Å². The van der Waals surface area contributed by atoms with Gasteiger partial charge in [-0.3, -0.25) is 4.79 Å². The van der Waals surface area contributed by atoms with Gasteiger partial charge in [0.2, 0.25) is 0 Å². The molecule has 0 aromatic carbocycles. The molecule has 0 atom stereocenters. The third-order valence-corrected chi connectivity index (χ3v) is 3.25. The Hall–Kier alpha value is -1.88. The second kappa shape index (κ2) is 6.16. The number of amides is 1. The lowest BCUT2D eigenvalue weighted by atomic mass is 10.2. The fourth-order valence-corrected chi connectivity index (χ4v) is 2.24. The molecule has 2 heterocycles. The molecule has 5 heteroatoms. The number of nitrogens with zero attached hydrogens (tertiary/aromatic N) is 1. The Morgan fingerprint density at radius 1 is 1.44 bits per heavy atom. The van der Waals surface area contributed by atoms with E-state index in [2.05, 4.69) is 17.5 Å². The molecule has 94 valence electrons. The second-order valence-corrected chi connectivity index (χ2v) is 4.65. The van der Waals surface area contributed by atoms with Crippen LogP contribution >= 0.6 is 11.3 Å². The van der Waals surface area contributed by atoms with E-state index < -0.39 is 0 Å². The summed E-state index contributed by atoms with van der Waals surface area (Å²) in [5, 5.41) is 6.17. The molecule has 0 spiro atoms. The van der Waals surface area contributed by atoms with E-state index in [-0.39, 0.29) is 11.7 Å². The van der Waals surface area contributed by atoms with Crippen LogP contribution in [-0.2, 0) is 0 Å². The molecule has 18 heavy (non-hydrogen) atoms. The molecule has 0 saturated heterocycles. The number of nitrogens with one attached hydrogen (secondary N) is 1. The molecule has 0 saturated carbocycles. The Bertz CT molecular complexity index is 515. The summed E-state index contributed by atoms with van der Waals surface area (Å²) in [5.41, 5.74) is 3.42. The molecule has 1 N–H and O–H groups in total. The highest BCUT2D eigenvalue weighted by Gasteiger charge is 2.09. The first-order valence-electron chi connectivity index (χ1n) is 5.75. The van der Waals surface area contributed by atoms with Gasteiger partial charge in [0.05, 0.1) is 16.9 Å². The van der Waals surface area contributed by atoms with E-state index in [1.165, 1.54) is 6.26 Å². The summed E-state index contributed by atoms with van der Waals surface area (Å²) >= 11 is 1.61. The van der Waals surface area contributed by atoms with Crippen molar-refractivity contribution in [1.82, 2.24) is 5.43 Å². The van der Waals surface area contributed by atoms with Crippen LogP contribution in [0.25, 0.3) is 0 Å². The number of rotatable bonds is 5.